The lowest BCUT2D eigenvalue weighted by molar-refractivity contribution is -0.00159. The van der Waals surface area contributed by atoms with Gasteiger partial charge in [0.2, 0.25) is 0 Å². The predicted octanol–water partition coefficient (Wildman–Crippen LogP) is 3.17. The van der Waals surface area contributed by atoms with Crippen LogP contribution in [0.3, 0.4) is 0 Å². The molecule has 0 radical (unpaired) electrons. The lowest BCUT2D eigenvalue weighted by Gasteiger charge is -2.42. The summed E-state index contributed by atoms with van der Waals surface area (Å²) in [5.41, 5.74) is -0.668. The summed E-state index contributed by atoms with van der Waals surface area (Å²) >= 11 is 0. The number of rotatable bonds is 2. The Morgan fingerprint density at radius 3 is 2.41 bits per heavy atom. The van der Waals surface area contributed by atoms with E-state index in [0.29, 0.717) is 37.2 Å². The van der Waals surface area contributed by atoms with Gasteiger partial charge in [-0.3, -0.25) is 0 Å². The molecule has 0 aliphatic carbocycles. The average molecular weight is 395 g/mol. The molecule has 1 aromatic carbocycles. The van der Waals surface area contributed by atoms with Gasteiger partial charge in [0, 0.05) is 32.0 Å². The van der Waals surface area contributed by atoms with Crippen LogP contribution in [0.15, 0.2) is 30.3 Å². The Bertz CT molecular complexity index is 860. The van der Waals surface area contributed by atoms with Gasteiger partial charge in [-0.05, 0) is 32.9 Å². The van der Waals surface area contributed by atoms with Crippen molar-refractivity contribution >= 4 is 22.0 Å². The van der Waals surface area contributed by atoms with Crippen molar-refractivity contribution in [1.82, 2.24) is 4.90 Å². The first-order valence-corrected chi connectivity index (χ1v) is 10.7. The molecule has 1 aromatic rings. The second kappa shape index (κ2) is 6.74. The van der Waals surface area contributed by atoms with Gasteiger partial charge in [-0.25, -0.2) is 4.79 Å². The average Bonchev–Trinajstić information content (AvgIpc) is 2.52. The second-order valence-corrected chi connectivity index (χ2v) is 9.50. The molecule has 0 aromatic heterocycles. The number of amides is 1. The summed E-state index contributed by atoms with van der Waals surface area (Å²) in [5.74, 6) is 0.842. The van der Waals surface area contributed by atoms with E-state index in [2.05, 4.69) is 0 Å². The third-order valence-corrected chi connectivity index (χ3v) is 4.84. The van der Waals surface area contributed by atoms with Gasteiger partial charge < -0.3 is 18.6 Å². The van der Waals surface area contributed by atoms with Crippen LogP contribution in [0.4, 0.5) is 4.79 Å². The lowest BCUT2D eigenvalue weighted by atomic mass is 9.87. The Hall–Kier alpha value is -2.22. The summed E-state index contributed by atoms with van der Waals surface area (Å²) in [7, 11) is -3.67. The van der Waals surface area contributed by atoms with Crippen LogP contribution in [0, 0.1) is 0 Å². The van der Waals surface area contributed by atoms with Gasteiger partial charge in [-0.15, -0.1) is 0 Å². The maximum absolute atomic E-state index is 12.3. The standard InChI is InChI=1S/C19H25NO6S/c1-18(2,3)25-17(21)20-11-9-19(10-12-20)13-16(26-27(4,22)23)14-7-5-6-8-15(14)24-19/h5-8,13H,9-12H2,1-4H3. The van der Waals surface area contributed by atoms with Gasteiger partial charge in [0.05, 0.1) is 11.8 Å². The first kappa shape index (κ1) is 19.5. The normalized spacial score (nSPS) is 19.0. The van der Waals surface area contributed by atoms with Crippen LogP contribution in [0.25, 0.3) is 5.76 Å². The van der Waals surface area contributed by atoms with E-state index in [4.69, 9.17) is 13.7 Å². The molecule has 0 saturated carbocycles. The summed E-state index contributed by atoms with van der Waals surface area (Å²) in [5, 5.41) is 0. The molecule has 27 heavy (non-hydrogen) atoms. The van der Waals surface area contributed by atoms with Gasteiger partial charge in [0.15, 0.2) is 5.76 Å². The van der Waals surface area contributed by atoms with Crippen molar-refractivity contribution in [3.8, 4) is 5.75 Å². The maximum Gasteiger partial charge on any atom is 0.410 e. The Morgan fingerprint density at radius 2 is 1.81 bits per heavy atom. The molecule has 3 rings (SSSR count). The fourth-order valence-electron chi connectivity index (χ4n) is 3.20. The highest BCUT2D eigenvalue weighted by Crippen LogP contribution is 2.41. The number of hydrogen-bond acceptors (Lipinski definition) is 6. The lowest BCUT2D eigenvalue weighted by Crippen LogP contribution is -2.50. The molecule has 1 fully saturated rings. The number of carbonyl (C=O) groups is 1. The first-order chi connectivity index (χ1) is 12.5. The second-order valence-electron chi connectivity index (χ2n) is 7.93. The Morgan fingerprint density at radius 1 is 1.19 bits per heavy atom. The number of para-hydroxylation sites is 1. The fraction of sp³-hybridized carbons (Fsp3) is 0.526. The number of carbonyl (C=O) groups excluding carboxylic acids is 1. The van der Waals surface area contributed by atoms with E-state index in [-0.39, 0.29) is 11.9 Å². The number of likely N-dealkylation sites (tertiary alicyclic amines) is 1. The van der Waals surface area contributed by atoms with Crippen molar-refractivity contribution in [3.63, 3.8) is 0 Å². The third kappa shape index (κ3) is 4.74. The molecule has 2 heterocycles. The van der Waals surface area contributed by atoms with Gasteiger partial charge in [-0.1, -0.05) is 12.1 Å². The Labute approximate surface area is 160 Å². The number of piperidine rings is 1. The largest absolute Gasteiger partial charge is 0.482 e. The maximum atomic E-state index is 12.3. The van der Waals surface area contributed by atoms with E-state index >= 15 is 0 Å². The summed E-state index contributed by atoms with van der Waals surface area (Å²) < 4.78 is 40.2. The molecule has 0 N–H and O–H groups in total. The van der Waals surface area contributed by atoms with Crippen molar-refractivity contribution in [3.05, 3.63) is 35.9 Å². The van der Waals surface area contributed by atoms with E-state index in [9.17, 15) is 13.2 Å². The van der Waals surface area contributed by atoms with Crippen LogP contribution in [0.5, 0.6) is 5.75 Å². The first-order valence-electron chi connectivity index (χ1n) is 8.85. The van der Waals surface area contributed by atoms with Crippen LogP contribution in [-0.2, 0) is 19.0 Å². The smallest absolute Gasteiger partial charge is 0.410 e. The minimum atomic E-state index is -3.67. The summed E-state index contributed by atoms with van der Waals surface area (Å²) in [6.45, 7) is 6.37. The van der Waals surface area contributed by atoms with Gasteiger partial charge >= 0.3 is 16.2 Å². The van der Waals surface area contributed by atoms with Crippen molar-refractivity contribution in [1.29, 1.82) is 0 Å². The van der Waals surface area contributed by atoms with Crippen LogP contribution in [0.2, 0.25) is 0 Å². The molecule has 148 valence electrons. The van der Waals surface area contributed by atoms with E-state index in [1.165, 1.54) is 0 Å². The van der Waals surface area contributed by atoms with Crippen molar-refractivity contribution in [2.45, 2.75) is 44.8 Å². The van der Waals surface area contributed by atoms with Gasteiger partial charge in [0.1, 0.15) is 17.0 Å². The zero-order valence-electron chi connectivity index (χ0n) is 16.0. The summed E-state index contributed by atoms with van der Waals surface area (Å²) in [6, 6.07) is 7.17. The number of benzene rings is 1. The zero-order valence-corrected chi connectivity index (χ0v) is 16.8. The highest BCUT2D eigenvalue weighted by Gasteiger charge is 2.41. The number of ether oxygens (including phenoxy) is 2. The van der Waals surface area contributed by atoms with Crippen molar-refractivity contribution < 1.29 is 26.9 Å². The van der Waals surface area contributed by atoms with Gasteiger partial charge in [-0.2, -0.15) is 8.42 Å². The zero-order chi connectivity index (χ0) is 19.9. The SMILES string of the molecule is CC(C)(C)OC(=O)N1CCC2(C=C(OS(C)(=O)=O)c3ccccc3O2)CC1. The summed E-state index contributed by atoms with van der Waals surface area (Å²) in [4.78, 5) is 13.9. The van der Waals surface area contributed by atoms with E-state index < -0.39 is 21.3 Å². The van der Waals surface area contributed by atoms with Crippen LogP contribution < -0.4 is 4.74 Å². The van der Waals surface area contributed by atoms with Crippen molar-refractivity contribution in [2.75, 3.05) is 19.3 Å². The monoisotopic (exact) mass is 395 g/mol. The van der Waals surface area contributed by atoms with Crippen LogP contribution in [0.1, 0.15) is 39.2 Å². The molecule has 0 unspecified atom stereocenters. The quantitative estimate of drug-likeness (QED) is 0.716. The van der Waals surface area contributed by atoms with Crippen molar-refractivity contribution in [2.24, 2.45) is 0 Å². The molecule has 2 aliphatic rings. The molecule has 8 heteroatoms. The highest BCUT2D eigenvalue weighted by molar-refractivity contribution is 7.86. The topological polar surface area (TPSA) is 82.1 Å². The molecular weight excluding hydrogens is 370 g/mol. The molecule has 1 saturated heterocycles. The molecule has 1 spiro atoms. The fourth-order valence-corrected chi connectivity index (χ4v) is 3.66. The van der Waals surface area contributed by atoms with E-state index in [1.54, 1.807) is 29.2 Å². The molecule has 0 atom stereocenters. The number of fused-ring (bicyclic) bond motifs is 1. The van der Waals surface area contributed by atoms with Crippen LogP contribution in [-0.4, -0.2) is 50.0 Å². The van der Waals surface area contributed by atoms with E-state index in [1.807, 2.05) is 26.8 Å². The van der Waals surface area contributed by atoms with Gasteiger partial charge in [0.25, 0.3) is 0 Å². The third-order valence-electron chi connectivity index (χ3n) is 4.36. The molecule has 0 bridgehead atoms. The summed E-state index contributed by atoms with van der Waals surface area (Å²) in [6.07, 6.45) is 3.41. The van der Waals surface area contributed by atoms with E-state index in [0.717, 1.165) is 6.26 Å². The number of nitrogens with zero attached hydrogens (tertiary/aromatic N) is 1. The molecule has 2 aliphatic heterocycles. The molecule has 7 nitrogen and oxygen atoms in total. The Balaban J connectivity index is 1.81. The minimum absolute atomic E-state index is 0.269. The predicted molar refractivity (Wildman–Crippen MR) is 101 cm³/mol. The number of hydrogen-bond donors (Lipinski definition) is 0. The van der Waals surface area contributed by atoms with Crippen LogP contribution >= 0.6 is 0 Å². The molecule has 1 amide bonds. The highest BCUT2D eigenvalue weighted by atomic mass is 32.2. The Kier molecular flexibility index (Phi) is 4.88. The molecular formula is C19H25NO6S. The minimum Gasteiger partial charge on any atom is -0.482 e.